The van der Waals surface area contributed by atoms with E-state index < -0.39 is 0 Å². The summed E-state index contributed by atoms with van der Waals surface area (Å²) in [7, 11) is 1.59. The summed E-state index contributed by atoms with van der Waals surface area (Å²) in [6, 6.07) is 7.34. The standard InChI is InChI=1S/C19H24N4O4S/c1-12(2)18(26)23-19-22-14(11-28-19)8-16(24)21-10-17(25)20-9-13-4-6-15(27-3)7-5-13/h4-7,11-12H,8-10H2,1-3H3,(H,20,25)(H,21,24)(H,22,23,26). The number of carbonyl (C=O) groups is 3. The summed E-state index contributed by atoms with van der Waals surface area (Å²) in [5, 5.41) is 10.2. The van der Waals surface area contributed by atoms with Crippen LogP contribution in [0.4, 0.5) is 5.13 Å². The fourth-order valence-electron chi connectivity index (χ4n) is 2.11. The third kappa shape index (κ3) is 6.99. The highest BCUT2D eigenvalue weighted by Crippen LogP contribution is 2.16. The minimum Gasteiger partial charge on any atom is -0.497 e. The summed E-state index contributed by atoms with van der Waals surface area (Å²) >= 11 is 1.26. The molecule has 2 rings (SSSR count). The molecule has 0 spiro atoms. The summed E-state index contributed by atoms with van der Waals surface area (Å²) in [5.41, 5.74) is 1.47. The largest absolute Gasteiger partial charge is 0.497 e. The zero-order valence-electron chi connectivity index (χ0n) is 16.1. The Bertz CT molecular complexity index is 818. The minimum absolute atomic E-state index is 0.0415. The number of thiazole rings is 1. The Kier molecular flexibility index (Phi) is 7.94. The molecule has 0 aliphatic carbocycles. The second-order valence-electron chi connectivity index (χ2n) is 6.37. The highest BCUT2D eigenvalue weighted by molar-refractivity contribution is 7.13. The molecule has 28 heavy (non-hydrogen) atoms. The Hall–Kier alpha value is -2.94. The second kappa shape index (κ2) is 10.4. The predicted molar refractivity (Wildman–Crippen MR) is 107 cm³/mol. The molecule has 3 N–H and O–H groups in total. The van der Waals surface area contributed by atoms with Crippen molar-refractivity contribution in [1.82, 2.24) is 15.6 Å². The van der Waals surface area contributed by atoms with E-state index >= 15 is 0 Å². The number of nitrogens with zero attached hydrogens (tertiary/aromatic N) is 1. The van der Waals surface area contributed by atoms with Crippen LogP contribution in [0.25, 0.3) is 0 Å². The first-order valence-electron chi connectivity index (χ1n) is 8.79. The molecule has 3 amide bonds. The van der Waals surface area contributed by atoms with Crippen LogP contribution < -0.4 is 20.7 Å². The van der Waals surface area contributed by atoms with Crippen molar-refractivity contribution in [2.45, 2.75) is 26.8 Å². The zero-order chi connectivity index (χ0) is 20.5. The smallest absolute Gasteiger partial charge is 0.239 e. The third-order valence-electron chi connectivity index (χ3n) is 3.74. The lowest BCUT2D eigenvalue weighted by Crippen LogP contribution is -2.37. The number of aromatic nitrogens is 1. The Morgan fingerprint density at radius 3 is 2.46 bits per heavy atom. The number of carbonyl (C=O) groups excluding carboxylic acids is 3. The van der Waals surface area contributed by atoms with Crippen LogP contribution in [-0.4, -0.2) is 36.4 Å². The number of nitrogens with one attached hydrogen (secondary N) is 3. The molecule has 150 valence electrons. The molecule has 0 fully saturated rings. The number of hydrogen-bond acceptors (Lipinski definition) is 6. The molecule has 0 bridgehead atoms. The molecule has 1 heterocycles. The van der Waals surface area contributed by atoms with E-state index in [1.165, 1.54) is 11.3 Å². The quantitative estimate of drug-likeness (QED) is 0.590. The van der Waals surface area contributed by atoms with Crippen LogP contribution in [-0.2, 0) is 27.3 Å². The molecule has 1 aromatic carbocycles. The van der Waals surface area contributed by atoms with Gasteiger partial charge in [0.25, 0.3) is 0 Å². The van der Waals surface area contributed by atoms with Crippen molar-refractivity contribution in [3.63, 3.8) is 0 Å². The van der Waals surface area contributed by atoms with Crippen molar-refractivity contribution >= 4 is 34.2 Å². The fraction of sp³-hybridized carbons (Fsp3) is 0.368. The van der Waals surface area contributed by atoms with Gasteiger partial charge in [-0.05, 0) is 17.7 Å². The monoisotopic (exact) mass is 404 g/mol. The normalized spacial score (nSPS) is 10.4. The molecule has 0 atom stereocenters. The Morgan fingerprint density at radius 2 is 1.82 bits per heavy atom. The van der Waals surface area contributed by atoms with Crippen molar-refractivity contribution in [2.24, 2.45) is 5.92 Å². The molecule has 1 aromatic heterocycles. The Balaban J connectivity index is 1.70. The topological polar surface area (TPSA) is 109 Å². The average molecular weight is 404 g/mol. The van der Waals surface area contributed by atoms with E-state index in [1.807, 2.05) is 24.3 Å². The van der Waals surface area contributed by atoms with E-state index in [0.29, 0.717) is 17.4 Å². The van der Waals surface area contributed by atoms with Crippen molar-refractivity contribution in [1.29, 1.82) is 0 Å². The fourth-order valence-corrected chi connectivity index (χ4v) is 2.82. The van der Waals surface area contributed by atoms with Gasteiger partial charge in [0.2, 0.25) is 17.7 Å². The van der Waals surface area contributed by atoms with Gasteiger partial charge in [-0.3, -0.25) is 14.4 Å². The lowest BCUT2D eigenvalue weighted by Gasteiger charge is -2.07. The zero-order valence-corrected chi connectivity index (χ0v) is 16.9. The summed E-state index contributed by atoms with van der Waals surface area (Å²) in [6.07, 6.45) is 0.0415. The lowest BCUT2D eigenvalue weighted by atomic mass is 10.2. The van der Waals surface area contributed by atoms with E-state index in [-0.39, 0.29) is 36.6 Å². The number of anilines is 1. The third-order valence-corrected chi connectivity index (χ3v) is 4.55. The summed E-state index contributed by atoms with van der Waals surface area (Å²) < 4.78 is 5.08. The molecular formula is C19H24N4O4S. The molecule has 0 unspecified atom stereocenters. The van der Waals surface area contributed by atoms with Gasteiger partial charge in [-0.1, -0.05) is 26.0 Å². The maximum absolute atomic E-state index is 12.0. The van der Waals surface area contributed by atoms with Gasteiger partial charge in [0, 0.05) is 17.8 Å². The summed E-state index contributed by atoms with van der Waals surface area (Å²) in [4.78, 5) is 39.7. The molecule has 9 heteroatoms. The van der Waals surface area contributed by atoms with Crippen LogP contribution >= 0.6 is 11.3 Å². The van der Waals surface area contributed by atoms with Crippen molar-refractivity contribution < 1.29 is 19.1 Å². The Labute approximate surface area is 167 Å². The van der Waals surface area contributed by atoms with Gasteiger partial charge < -0.3 is 20.7 Å². The highest BCUT2D eigenvalue weighted by Gasteiger charge is 2.12. The van der Waals surface area contributed by atoms with Crippen LogP contribution in [0.5, 0.6) is 5.75 Å². The van der Waals surface area contributed by atoms with Crippen LogP contribution in [0.1, 0.15) is 25.1 Å². The van der Waals surface area contributed by atoms with Crippen molar-refractivity contribution in [2.75, 3.05) is 19.0 Å². The predicted octanol–water partition coefficient (Wildman–Crippen LogP) is 1.72. The molecule has 0 saturated heterocycles. The number of ether oxygens (including phenoxy) is 1. The molecule has 0 aliphatic rings. The van der Waals surface area contributed by atoms with Gasteiger partial charge in [-0.2, -0.15) is 0 Å². The van der Waals surface area contributed by atoms with Crippen LogP contribution in [0.3, 0.4) is 0 Å². The first-order valence-corrected chi connectivity index (χ1v) is 9.67. The van der Waals surface area contributed by atoms with E-state index in [4.69, 9.17) is 4.74 Å². The number of methoxy groups -OCH3 is 1. The minimum atomic E-state index is -0.313. The summed E-state index contributed by atoms with van der Waals surface area (Å²) in [5.74, 6) is -0.124. The van der Waals surface area contributed by atoms with E-state index in [2.05, 4.69) is 20.9 Å². The maximum Gasteiger partial charge on any atom is 0.239 e. The Morgan fingerprint density at radius 1 is 1.11 bits per heavy atom. The van der Waals surface area contributed by atoms with Crippen molar-refractivity contribution in [3.8, 4) is 5.75 Å². The van der Waals surface area contributed by atoms with Crippen LogP contribution in [0.15, 0.2) is 29.6 Å². The highest BCUT2D eigenvalue weighted by atomic mass is 32.1. The maximum atomic E-state index is 12.0. The van der Waals surface area contributed by atoms with Crippen molar-refractivity contribution in [3.05, 3.63) is 40.9 Å². The van der Waals surface area contributed by atoms with Crippen LogP contribution in [0.2, 0.25) is 0 Å². The molecular weight excluding hydrogens is 380 g/mol. The van der Waals surface area contributed by atoms with Gasteiger partial charge in [-0.25, -0.2) is 4.98 Å². The van der Waals surface area contributed by atoms with Crippen LogP contribution in [0, 0.1) is 5.92 Å². The molecule has 0 radical (unpaired) electrons. The van der Waals surface area contributed by atoms with Gasteiger partial charge in [-0.15, -0.1) is 11.3 Å². The first kappa shape index (κ1) is 21.4. The van der Waals surface area contributed by atoms with Gasteiger partial charge in [0.15, 0.2) is 5.13 Å². The molecule has 2 aromatic rings. The molecule has 0 aliphatic heterocycles. The lowest BCUT2D eigenvalue weighted by molar-refractivity contribution is -0.125. The molecule has 8 nitrogen and oxygen atoms in total. The average Bonchev–Trinajstić information content (AvgIpc) is 3.11. The number of hydrogen-bond donors (Lipinski definition) is 3. The van der Waals surface area contributed by atoms with Gasteiger partial charge >= 0.3 is 0 Å². The number of rotatable bonds is 9. The van der Waals surface area contributed by atoms with Gasteiger partial charge in [0.05, 0.1) is 25.8 Å². The second-order valence-corrected chi connectivity index (χ2v) is 7.22. The van der Waals surface area contributed by atoms with E-state index in [1.54, 1.807) is 26.3 Å². The SMILES string of the molecule is COc1ccc(CNC(=O)CNC(=O)Cc2csc(NC(=O)C(C)C)n2)cc1. The van der Waals surface area contributed by atoms with Gasteiger partial charge in [0.1, 0.15) is 5.75 Å². The number of amides is 3. The van der Waals surface area contributed by atoms with E-state index in [0.717, 1.165) is 11.3 Å². The van der Waals surface area contributed by atoms with E-state index in [9.17, 15) is 14.4 Å². The summed E-state index contributed by atoms with van der Waals surface area (Å²) in [6.45, 7) is 3.83. The number of benzene rings is 1. The molecule has 0 saturated carbocycles. The first-order chi connectivity index (χ1) is 13.4.